The average Bonchev–Trinajstić information content (AvgIpc) is 3.13. The van der Waals surface area contributed by atoms with Crippen LogP contribution in [-0.4, -0.2) is 43.9 Å². The number of esters is 1. The summed E-state index contributed by atoms with van der Waals surface area (Å²) in [5.74, 6) is -3.34. The first-order valence-electron chi connectivity index (χ1n) is 9.22. The summed E-state index contributed by atoms with van der Waals surface area (Å²) in [5, 5.41) is 5.01. The highest BCUT2D eigenvalue weighted by Crippen LogP contribution is 2.27. The number of carbonyl (C=O) groups is 4. The van der Waals surface area contributed by atoms with Crippen LogP contribution in [0.25, 0.3) is 0 Å². The number of carbonyl (C=O) groups excluding carboxylic acids is 4. The molecule has 0 radical (unpaired) electrons. The first kappa shape index (κ1) is 21.0. The lowest BCUT2D eigenvalue weighted by Crippen LogP contribution is -2.28. The largest absolute Gasteiger partial charge is 0.455 e. The smallest absolute Gasteiger partial charge is 0.311 e. The fourth-order valence-electron chi connectivity index (χ4n) is 3.10. The third-order valence-electron chi connectivity index (χ3n) is 4.58. The summed E-state index contributed by atoms with van der Waals surface area (Å²) in [7, 11) is 1.49. The molecule has 1 aliphatic rings. The van der Waals surface area contributed by atoms with E-state index in [0.717, 1.165) is 0 Å². The maximum atomic E-state index is 13.9. The van der Waals surface area contributed by atoms with Crippen molar-refractivity contribution < 1.29 is 28.3 Å². The number of ether oxygens (including phenoxy) is 1. The SMILES string of the molecule is CNC(=O)c1cccc(NC(=O)COC(=O)[C@H]2CC(=O)N(c3ccccc3F)C2)c1. The van der Waals surface area contributed by atoms with Gasteiger partial charge in [-0.05, 0) is 30.3 Å². The summed E-state index contributed by atoms with van der Waals surface area (Å²) >= 11 is 0. The number of amides is 3. The predicted molar refractivity (Wildman–Crippen MR) is 106 cm³/mol. The lowest BCUT2D eigenvalue weighted by atomic mass is 10.1. The second-order valence-corrected chi connectivity index (χ2v) is 6.67. The summed E-state index contributed by atoms with van der Waals surface area (Å²) < 4.78 is 18.9. The van der Waals surface area contributed by atoms with Crippen molar-refractivity contribution in [3.63, 3.8) is 0 Å². The van der Waals surface area contributed by atoms with Crippen LogP contribution in [-0.2, 0) is 19.1 Å². The molecule has 0 bridgehead atoms. The van der Waals surface area contributed by atoms with E-state index in [-0.39, 0.29) is 24.6 Å². The number of nitrogens with zero attached hydrogens (tertiary/aromatic N) is 1. The summed E-state index contributed by atoms with van der Waals surface area (Å²) in [6.07, 6.45) is -0.122. The molecule has 1 heterocycles. The van der Waals surface area contributed by atoms with E-state index in [4.69, 9.17) is 4.74 Å². The Bertz CT molecular complexity index is 994. The van der Waals surface area contributed by atoms with Gasteiger partial charge in [-0.25, -0.2) is 4.39 Å². The van der Waals surface area contributed by atoms with Crippen LogP contribution >= 0.6 is 0 Å². The Kier molecular flexibility index (Phi) is 6.41. The van der Waals surface area contributed by atoms with Gasteiger partial charge in [-0.15, -0.1) is 0 Å². The Labute approximate surface area is 172 Å². The summed E-state index contributed by atoms with van der Waals surface area (Å²) in [6, 6.07) is 12.1. The van der Waals surface area contributed by atoms with E-state index < -0.39 is 36.1 Å². The number of nitrogens with one attached hydrogen (secondary N) is 2. The van der Waals surface area contributed by atoms with E-state index in [0.29, 0.717) is 11.3 Å². The molecule has 9 heteroatoms. The number of hydrogen-bond donors (Lipinski definition) is 2. The quantitative estimate of drug-likeness (QED) is 0.702. The zero-order chi connectivity index (χ0) is 21.7. The van der Waals surface area contributed by atoms with E-state index in [1.54, 1.807) is 24.3 Å². The number of rotatable bonds is 6. The summed E-state index contributed by atoms with van der Waals surface area (Å²) in [6.45, 7) is -0.568. The van der Waals surface area contributed by atoms with Crippen molar-refractivity contribution in [2.24, 2.45) is 5.92 Å². The molecule has 2 aromatic rings. The fourth-order valence-corrected chi connectivity index (χ4v) is 3.10. The monoisotopic (exact) mass is 413 g/mol. The molecule has 1 aliphatic heterocycles. The van der Waals surface area contributed by atoms with E-state index in [1.807, 2.05) is 0 Å². The zero-order valence-electron chi connectivity index (χ0n) is 16.2. The Balaban J connectivity index is 1.53. The molecule has 0 aliphatic carbocycles. The van der Waals surface area contributed by atoms with E-state index in [2.05, 4.69) is 10.6 Å². The van der Waals surface area contributed by atoms with Gasteiger partial charge in [-0.2, -0.15) is 0 Å². The van der Waals surface area contributed by atoms with Gasteiger partial charge < -0.3 is 20.3 Å². The second-order valence-electron chi connectivity index (χ2n) is 6.67. The van der Waals surface area contributed by atoms with Gasteiger partial charge in [0.05, 0.1) is 11.6 Å². The number of halogens is 1. The lowest BCUT2D eigenvalue weighted by Gasteiger charge is -2.17. The Morgan fingerprint density at radius 2 is 1.93 bits per heavy atom. The molecule has 2 aromatic carbocycles. The third kappa shape index (κ3) is 4.80. The predicted octanol–water partition coefficient (Wildman–Crippen LogP) is 1.72. The Hall–Kier alpha value is -3.75. The number of anilines is 2. The Morgan fingerprint density at radius 3 is 2.67 bits per heavy atom. The minimum Gasteiger partial charge on any atom is -0.455 e. The number of hydrogen-bond acceptors (Lipinski definition) is 5. The van der Waals surface area contributed by atoms with Gasteiger partial charge in [0.1, 0.15) is 5.82 Å². The minimum atomic E-state index is -0.790. The van der Waals surface area contributed by atoms with Crippen LogP contribution in [0.15, 0.2) is 48.5 Å². The van der Waals surface area contributed by atoms with Crippen molar-refractivity contribution in [1.29, 1.82) is 0 Å². The molecule has 0 saturated carbocycles. The van der Waals surface area contributed by atoms with Crippen LogP contribution in [0.4, 0.5) is 15.8 Å². The van der Waals surface area contributed by atoms with Crippen molar-refractivity contribution >= 4 is 35.1 Å². The highest BCUT2D eigenvalue weighted by Gasteiger charge is 2.37. The van der Waals surface area contributed by atoms with Crippen molar-refractivity contribution in [2.75, 3.05) is 30.4 Å². The molecule has 30 heavy (non-hydrogen) atoms. The average molecular weight is 413 g/mol. The molecule has 3 rings (SSSR count). The van der Waals surface area contributed by atoms with Crippen LogP contribution < -0.4 is 15.5 Å². The number of benzene rings is 2. The molecule has 0 unspecified atom stereocenters. The van der Waals surface area contributed by atoms with E-state index in [9.17, 15) is 23.6 Å². The second kappa shape index (κ2) is 9.17. The van der Waals surface area contributed by atoms with Crippen LogP contribution in [0.2, 0.25) is 0 Å². The normalized spacial score (nSPS) is 15.6. The molecule has 1 fully saturated rings. The van der Waals surface area contributed by atoms with Gasteiger partial charge in [0, 0.05) is 31.3 Å². The van der Waals surface area contributed by atoms with Crippen LogP contribution in [0.1, 0.15) is 16.8 Å². The topological polar surface area (TPSA) is 105 Å². The zero-order valence-corrected chi connectivity index (χ0v) is 16.2. The van der Waals surface area contributed by atoms with E-state index >= 15 is 0 Å². The van der Waals surface area contributed by atoms with Crippen molar-refractivity contribution in [1.82, 2.24) is 5.32 Å². The van der Waals surface area contributed by atoms with Crippen LogP contribution in [0.3, 0.4) is 0 Å². The van der Waals surface area contributed by atoms with Gasteiger partial charge in [-0.3, -0.25) is 19.2 Å². The summed E-state index contributed by atoms with van der Waals surface area (Å²) in [4.78, 5) is 49.3. The van der Waals surface area contributed by atoms with Gasteiger partial charge in [0.25, 0.3) is 11.8 Å². The minimum absolute atomic E-state index is 0.0195. The molecule has 3 amide bonds. The van der Waals surface area contributed by atoms with Gasteiger partial charge in [-0.1, -0.05) is 18.2 Å². The Morgan fingerprint density at radius 1 is 1.17 bits per heavy atom. The first-order valence-corrected chi connectivity index (χ1v) is 9.22. The molecular weight excluding hydrogens is 393 g/mol. The highest BCUT2D eigenvalue weighted by atomic mass is 19.1. The van der Waals surface area contributed by atoms with Crippen LogP contribution in [0, 0.1) is 11.7 Å². The summed E-state index contributed by atoms with van der Waals surface area (Å²) in [5.41, 5.74) is 0.843. The van der Waals surface area contributed by atoms with Crippen LogP contribution in [0.5, 0.6) is 0 Å². The molecule has 2 N–H and O–H groups in total. The maximum absolute atomic E-state index is 13.9. The maximum Gasteiger partial charge on any atom is 0.311 e. The fraction of sp³-hybridized carbons (Fsp3) is 0.238. The van der Waals surface area contributed by atoms with Crippen molar-refractivity contribution in [3.05, 3.63) is 59.9 Å². The molecule has 0 spiro atoms. The van der Waals surface area contributed by atoms with Gasteiger partial charge in [0.2, 0.25) is 5.91 Å². The van der Waals surface area contributed by atoms with Gasteiger partial charge >= 0.3 is 5.97 Å². The van der Waals surface area contributed by atoms with E-state index in [1.165, 1.54) is 36.2 Å². The van der Waals surface area contributed by atoms with Crippen molar-refractivity contribution in [3.8, 4) is 0 Å². The third-order valence-corrected chi connectivity index (χ3v) is 4.58. The highest BCUT2D eigenvalue weighted by molar-refractivity contribution is 6.00. The standard InChI is InChI=1S/C21H20FN3O5/c1-23-20(28)13-5-4-6-15(9-13)24-18(26)12-30-21(29)14-10-19(27)25(11-14)17-8-3-2-7-16(17)22/h2-9,14H,10-12H2,1H3,(H,23,28)(H,24,26)/t14-/m0/s1. The molecule has 1 atom stereocenters. The van der Waals surface area contributed by atoms with Crippen molar-refractivity contribution in [2.45, 2.75) is 6.42 Å². The number of para-hydroxylation sites is 1. The molecule has 1 saturated heterocycles. The molecule has 0 aromatic heterocycles. The molecular formula is C21H20FN3O5. The molecule has 156 valence electrons. The molecule has 8 nitrogen and oxygen atoms in total. The first-order chi connectivity index (χ1) is 14.4. The van der Waals surface area contributed by atoms with Gasteiger partial charge in [0.15, 0.2) is 6.61 Å². The lowest BCUT2D eigenvalue weighted by molar-refractivity contribution is -0.151.